The minimum absolute atomic E-state index is 0.295. The minimum atomic E-state index is -3.39. The summed E-state index contributed by atoms with van der Waals surface area (Å²) in [5, 5.41) is 0.420. The first-order valence-corrected chi connectivity index (χ1v) is 8.10. The lowest BCUT2D eigenvalue weighted by molar-refractivity contribution is 0.229. The molecule has 0 aromatic heterocycles. The molecule has 0 radical (unpaired) electrons. The number of benzene rings is 1. The highest BCUT2D eigenvalue weighted by Gasteiger charge is 2.31. The number of hydrogen-bond acceptors (Lipinski definition) is 4. The van der Waals surface area contributed by atoms with Crippen molar-refractivity contribution in [1.82, 2.24) is 0 Å². The molecule has 0 atom stereocenters. The van der Waals surface area contributed by atoms with Crippen LogP contribution in [0, 0.1) is 0 Å². The Morgan fingerprint density at radius 2 is 1.80 bits per heavy atom. The molecule has 1 rings (SSSR count). The zero-order valence-electron chi connectivity index (χ0n) is 12.0. The van der Waals surface area contributed by atoms with E-state index in [1.165, 1.54) is 6.26 Å². The van der Waals surface area contributed by atoms with Gasteiger partial charge in [0.1, 0.15) is 11.9 Å². The maximum absolute atomic E-state index is 12.9. The van der Waals surface area contributed by atoms with Crippen molar-refractivity contribution in [3.63, 3.8) is 0 Å². The summed E-state index contributed by atoms with van der Waals surface area (Å²) in [6.45, 7) is 8.05. The Morgan fingerprint density at radius 3 is 2.30 bits per heavy atom. The van der Waals surface area contributed by atoms with Crippen LogP contribution in [0.3, 0.4) is 0 Å². The number of rotatable bonds is 9. The van der Waals surface area contributed by atoms with Gasteiger partial charge >= 0.3 is 7.60 Å². The normalized spacial score (nSPS) is 12.2. The molecule has 0 saturated heterocycles. The van der Waals surface area contributed by atoms with Crippen LogP contribution in [0.5, 0.6) is 0 Å². The average molecular weight is 296 g/mol. The first kappa shape index (κ1) is 16.7. The molecule has 0 aliphatic carbocycles. The standard InChI is InChI=1S/C15H21O4P/c1-4-12-17-13-15(14-10-8-7-9-11-14)20(16,18-5-2)19-6-3/h4,7-11,13H,1,5-6,12H2,2-3H3/b15-13+. The molecular weight excluding hydrogens is 275 g/mol. The van der Waals surface area contributed by atoms with E-state index in [9.17, 15) is 4.57 Å². The minimum Gasteiger partial charge on any atom is -0.496 e. The largest absolute Gasteiger partial charge is 0.496 e. The Hall–Kier alpha value is -1.35. The number of hydrogen-bond donors (Lipinski definition) is 0. The van der Waals surface area contributed by atoms with Crippen LogP contribution in [-0.4, -0.2) is 19.8 Å². The second kappa shape index (κ2) is 8.75. The zero-order chi connectivity index (χ0) is 14.8. The molecule has 20 heavy (non-hydrogen) atoms. The molecule has 110 valence electrons. The van der Waals surface area contributed by atoms with E-state index in [0.29, 0.717) is 25.1 Å². The smallest absolute Gasteiger partial charge is 0.365 e. The van der Waals surface area contributed by atoms with Gasteiger partial charge in [-0.3, -0.25) is 4.57 Å². The zero-order valence-corrected chi connectivity index (χ0v) is 12.8. The highest BCUT2D eigenvalue weighted by atomic mass is 31.2. The summed E-state index contributed by atoms with van der Waals surface area (Å²) >= 11 is 0. The van der Waals surface area contributed by atoms with Gasteiger partial charge in [0.25, 0.3) is 0 Å². The molecule has 1 aromatic carbocycles. The van der Waals surface area contributed by atoms with Gasteiger partial charge in [-0.15, -0.1) is 0 Å². The summed E-state index contributed by atoms with van der Waals surface area (Å²) < 4.78 is 29.0. The highest BCUT2D eigenvalue weighted by molar-refractivity contribution is 7.65. The van der Waals surface area contributed by atoms with Gasteiger partial charge in [-0.2, -0.15) is 0 Å². The lowest BCUT2D eigenvalue weighted by Crippen LogP contribution is -1.99. The van der Waals surface area contributed by atoms with Crippen LogP contribution < -0.4 is 0 Å². The predicted octanol–water partition coefficient (Wildman–Crippen LogP) is 4.45. The molecule has 0 spiro atoms. The molecule has 4 nitrogen and oxygen atoms in total. The third-order valence-corrected chi connectivity index (χ3v) is 4.52. The molecule has 0 aliphatic heterocycles. The molecular formula is C15H21O4P. The Labute approximate surface area is 120 Å². The Morgan fingerprint density at radius 1 is 1.20 bits per heavy atom. The molecule has 0 saturated carbocycles. The molecule has 1 aromatic rings. The van der Waals surface area contributed by atoms with Gasteiger partial charge in [0.2, 0.25) is 0 Å². The molecule has 0 bridgehead atoms. The first-order valence-electron chi connectivity index (χ1n) is 6.55. The van der Waals surface area contributed by atoms with Crippen LogP contribution in [0.2, 0.25) is 0 Å². The van der Waals surface area contributed by atoms with Crippen LogP contribution in [0.25, 0.3) is 5.31 Å². The SMILES string of the molecule is C=CCO/C=C(\c1ccccc1)P(=O)(OCC)OCC. The molecule has 0 N–H and O–H groups in total. The van der Waals surface area contributed by atoms with E-state index in [4.69, 9.17) is 13.8 Å². The summed E-state index contributed by atoms with van der Waals surface area (Å²) in [7, 11) is -3.39. The lowest BCUT2D eigenvalue weighted by Gasteiger charge is -2.20. The Balaban J connectivity index is 3.17. The maximum Gasteiger partial charge on any atom is 0.365 e. The van der Waals surface area contributed by atoms with Crippen LogP contribution in [0.4, 0.5) is 0 Å². The Bertz CT molecular complexity index is 472. The Kier molecular flexibility index (Phi) is 7.31. The third kappa shape index (κ3) is 4.64. The predicted molar refractivity (Wildman–Crippen MR) is 81.4 cm³/mol. The van der Waals surface area contributed by atoms with E-state index < -0.39 is 7.60 Å². The third-order valence-electron chi connectivity index (χ3n) is 2.37. The van der Waals surface area contributed by atoms with Crippen LogP contribution >= 0.6 is 7.60 Å². The van der Waals surface area contributed by atoms with Gasteiger partial charge in [-0.25, -0.2) is 0 Å². The van der Waals surface area contributed by atoms with E-state index in [2.05, 4.69) is 6.58 Å². The van der Waals surface area contributed by atoms with E-state index >= 15 is 0 Å². The van der Waals surface area contributed by atoms with Gasteiger partial charge in [0.15, 0.2) is 0 Å². The molecule has 0 amide bonds. The monoisotopic (exact) mass is 296 g/mol. The fourth-order valence-electron chi connectivity index (χ4n) is 1.61. The topological polar surface area (TPSA) is 44.8 Å². The molecule has 5 heteroatoms. The second-order valence-corrected chi connectivity index (χ2v) is 5.82. The maximum atomic E-state index is 12.9. The summed E-state index contributed by atoms with van der Waals surface area (Å²) in [6, 6.07) is 9.29. The van der Waals surface area contributed by atoms with Crippen molar-refractivity contribution >= 4 is 12.9 Å². The van der Waals surface area contributed by atoms with Crippen molar-refractivity contribution in [3.05, 3.63) is 54.8 Å². The van der Waals surface area contributed by atoms with Crippen LogP contribution in [0.1, 0.15) is 19.4 Å². The van der Waals surface area contributed by atoms with Crippen molar-refractivity contribution in [2.45, 2.75) is 13.8 Å². The van der Waals surface area contributed by atoms with Crippen LogP contribution in [0.15, 0.2) is 49.2 Å². The fourth-order valence-corrected chi connectivity index (χ4v) is 3.31. The molecule has 0 unspecified atom stereocenters. The van der Waals surface area contributed by atoms with Gasteiger partial charge in [0.05, 0.1) is 19.5 Å². The van der Waals surface area contributed by atoms with Crippen molar-refractivity contribution in [3.8, 4) is 0 Å². The van der Waals surface area contributed by atoms with E-state index in [-0.39, 0.29) is 0 Å². The summed E-state index contributed by atoms with van der Waals surface area (Å²) in [6.07, 6.45) is 3.05. The van der Waals surface area contributed by atoms with Crippen molar-refractivity contribution in [1.29, 1.82) is 0 Å². The van der Waals surface area contributed by atoms with E-state index in [0.717, 1.165) is 5.56 Å². The van der Waals surface area contributed by atoms with E-state index in [1.54, 1.807) is 19.9 Å². The van der Waals surface area contributed by atoms with E-state index in [1.807, 2.05) is 30.3 Å². The summed E-state index contributed by atoms with van der Waals surface area (Å²) in [5.41, 5.74) is 0.752. The number of ether oxygens (including phenoxy) is 1. The fraction of sp³-hybridized carbons (Fsp3) is 0.333. The van der Waals surface area contributed by atoms with Gasteiger partial charge in [0, 0.05) is 0 Å². The lowest BCUT2D eigenvalue weighted by atomic mass is 10.2. The molecule has 0 heterocycles. The quantitative estimate of drug-likeness (QED) is 0.292. The highest BCUT2D eigenvalue weighted by Crippen LogP contribution is 2.60. The summed E-state index contributed by atoms with van der Waals surface area (Å²) in [4.78, 5) is 0. The van der Waals surface area contributed by atoms with Gasteiger partial charge in [-0.1, -0.05) is 43.0 Å². The molecule has 0 aliphatic rings. The second-order valence-electron chi connectivity index (χ2n) is 3.82. The van der Waals surface area contributed by atoms with Crippen molar-refractivity contribution in [2.75, 3.05) is 19.8 Å². The van der Waals surface area contributed by atoms with Crippen molar-refractivity contribution < 1.29 is 18.3 Å². The van der Waals surface area contributed by atoms with Crippen molar-refractivity contribution in [2.24, 2.45) is 0 Å². The summed E-state index contributed by atoms with van der Waals surface area (Å²) in [5.74, 6) is 0. The van der Waals surface area contributed by atoms with Gasteiger partial charge in [-0.05, 0) is 19.4 Å². The molecule has 0 fully saturated rings. The average Bonchev–Trinajstić information content (AvgIpc) is 2.45. The van der Waals surface area contributed by atoms with Gasteiger partial charge < -0.3 is 13.8 Å². The first-order chi connectivity index (χ1) is 9.68. The van der Waals surface area contributed by atoms with Crippen LogP contribution in [-0.2, 0) is 18.3 Å².